The summed E-state index contributed by atoms with van der Waals surface area (Å²) in [5, 5.41) is 9.43. The average molecular weight is 287 g/mol. The molecule has 0 unspecified atom stereocenters. The Labute approximate surface area is 112 Å². The molecular formula is C13H18FNO3S. The van der Waals surface area contributed by atoms with Crippen molar-refractivity contribution in [1.82, 2.24) is 4.72 Å². The van der Waals surface area contributed by atoms with Crippen LogP contribution in [-0.4, -0.2) is 26.7 Å². The molecule has 0 spiro atoms. The zero-order valence-electron chi connectivity index (χ0n) is 10.6. The highest BCUT2D eigenvalue weighted by molar-refractivity contribution is 7.89. The summed E-state index contributed by atoms with van der Waals surface area (Å²) in [7, 11) is -3.86. The smallest absolute Gasteiger partial charge is 0.243 e. The van der Waals surface area contributed by atoms with E-state index in [4.69, 9.17) is 0 Å². The van der Waals surface area contributed by atoms with Gasteiger partial charge in [0.2, 0.25) is 10.0 Å². The molecule has 106 valence electrons. The standard InChI is InChI=1S/C13H18FNO3S/c14-11-5-1-2-6-12(11)19(17,18)15-9-13(10-16)7-3-4-8-13/h1-2,5-6,15-16H,3-4,7-10H2. The van der Waals surface area contributed by atoms with Gasteiger partial charge >= 0.3 is 0 Å². The van der Waals surface area contributed by atoms with Gasteiger partial charge in [-0.3, -0.25) is 0 Å². The van der Waals surface area contributed by atoms with Gasteiger partial charge in [-0.15, -0.1) is 0 Å². The fraction of sp³-hybridized carbons (Fsp3) is 0.538. The van der Waals surface area contributed by atoms with Gasteiger partial charge in [0.15, 0.2) is 0 Å². The van der Waals surface area contributed by atoms with Crippen molar-refractivity contribution in [1.29, 1.82) is 0 Å². The van der Waals surface area contributed by atoms with E-state index in [0.29, 0.717) is 0 Å². The van der Waals surface area contributed by atoms with Crippen LogP contribution in [0.25, 0.3) is 0 Å². The maximum atomic E-state index is 13.5. The molecule has 0 atom stereocenters. The molecule has 1 saturated carbocycles. The van der Waals surface area contributed by atoms with E-state index in [1.807, 2.05) is 0 Å². The van der Waals surface area contributed by atoms with E-state index >= 15 is 0 Å². The molecule has 1 aromatic rings. The highest BCUT2D eigenvalue weighted by atomic mass is 32.2. The number of rotatable bonds is 5. The van der Waals surface area contributed by atoms with Crippen LogP contribution in [-0.2, 0) is 10.0 Å². The van der Waals surface area contributed by atoms with E-state index in [0.717, 1.165) is 31.7 Å². The summed E-state index contributed by atoms with van der Waals surface area (Å²) in [6.45, 7) is 0.104. The summed E-state index contributed by atoms with van der Waals surface area (Å²) >= 11 is 0. The molecule has 2 rings (SSSR count). The molecule has 4 nitrogen and oxygen atoms in total. The first-order chi connectivity index (χ1) is 8.99. The normalized spacial score (nSPS) is 18.6. The number of aliphatic hydroxyl groups excluding tert-OH is 1. The molecule has 1 fully saturated rings. The van der Waals surface area contributed by atoms with Gasteiger partial charge in [-0.05, 0) is 25.0 Å². The lowest BCUT2D eigenvalue weighted by molar-refractivity contribution is 0.134. The minimum absolute atomic E-state index is 0.0488. The minimum Gasteiger partial charge on any atom is -0.396 e. The van der Waals surface area contributed by atoms with Crippen molar-refractivity contribution in [2.45, 2.75) is 30.6 Å². The second-order valence-electron chi connectivity index (χ2n) is 5.12. The second kappa shape index (κ2) is 5.56. The summed E-state index contributed by atoms with van der Waals surface area (Å²) in [5.41, 5.74) is -0.391. The van der Waals surface area contributed by atoms with E-state index in [1.54, 1.807) is 0 Å². The Morgan fingerprint density at radius 2 is 1.89 bits per heavy atom. The Balaban J connectivity index is 2.12. The molecule has 0 aromatic heterocycles. The molecule has 2 N–H and O–H groups in total. The number of aliphatic hydroxyl groups is 1. The van der Waals surface area contributed by atoms with Crippen molar-refractivity contribution in [2.24, 2.45) is 5.41 Å². The van der Waals surface area contributed by atoms with Crippen molar-refractivity contribution in [3.8, 4) is 0 Å². The molecule has 1 aromatic carbocycles. The van der Waals surface area contributed by atoms with E-state index in [-0.39, 0.29) is 18.0 Å². The van der Waals surface area contributed by atoms with Gasteiger partial charge < -0.3 is 5.11 Å². The van der Waals surface area contributed by atoms with E-state index in [2.05, 4.69) is 4.72 Å². The molecule has 0 saturated heterocycles. The van der Waals surface area contributed by atoms with Crippen LogP contribution in [0.5, 0.6) is 0 Å². The van der Waals surface area contributed by atoms with E-state index in [9.17, 15) is 17.9 Å². The van der Waals surface area contributed by atoms with Gasteiger partial charge in [0, 0.05) is 18.6 Å². The summed E-state index contributed by atoms with van der Waals surface area (Å²) in [6.07, 6.45) is 3.57. The molecular weight excluding hydrogens is 269 g/mol. The topological polar surface area (TPSA) is 66.4 Å². The summed E-state index contributed by atoms with van der Waals surface area (Å²) in [6, 6.07) is 5.28. The SMILES string of the molecule is O=S(=O)(NCC1(CO)CCCC1)c1ccccc1F. The fourth-order valence-electron chi connectivity index (χ4n) is 2.50. The van der Waals surface area contributed by atoms with Gasteiger partial charge in [0.05, 0.1) is 0 Å². The number of sulfonamides is 1. The lowest BCUT2D eigenvalue weighted by atomic mass is 9.88. The third kappa shape index (κ3) is 3.13. The van der Waals surface area contributed by atoms with Gasteiger partial charge in [-0.2, -0.15) is 0 Å². The van der Waals surface area contributed by atoms with Crippen LogP contribution in [0, 0.1) is 11.2 Å². The molecule has 0 heterocycles. The van der Waals surface area contributed by atoms with Crippen molar-refractivity contribution < 1.29 is 17.9 Å². The Bertz CT molecular complexity index is 539. The third-order valence-electron chi connectivity index (χ3n) is 3.76. The number of halogens is 1. The van der Waals surface area contributed by atoms with Crippen LogP contribution in [0.1, 0.15) is 25.7 Å². The van der Waals surface area contributed by atoms with Crippen molar-refractivity contribution in [2.75, 3.05) is 13.2 Å². The lowest BCUT2D eigenvalue weighted by Gasteiger charge is -2.26. The van der Waals surface area contributed by atoms with Gasteiger partial charge in [-0.25, -0.2) is 17.5 Å². The summed E-state index contributed by atoms with van der Waals surface area (Å²) in [5.74, 6) is -0.764. The molecule has 0 aliphatic heterocycles. The number of benzene rings is 1. The Morgan fingerprint density at radius 3 is 2.47 bits per heavy atom. The summed E-state index contributed by atoms with van der Waals surface area (Å²) < 4.78 is 40.0. The van der Waals surface area contributed by atoms with Crippen molar-refractivity contribution in [3.05, 3.63) is 30.1 Å². The predicted octanol–water partition coefficient (Wildman–Crippen LogP) is 1.66. The number of hydrogen-bond acceptors (Lipinski definition) is 3. The quantitative estimate of drug-likeness (QED) is 0.865. The van der Waals surface area contributed by atoms with E-state index in [1.165, 1.54) is 18.2 Å². The second-order valence-corrected chi connectivity index (χ2v) is 6.86. The molecule has 6 heteroatoms. The molecule has 0 amide bonds. The minimum atomic E-state index is -3.86. The van der Waals surface area contributed by atoms with Gasteiger partial charge in [0.1, 0.15) is 10.7 Å². The Kier molecular flexibility index (Phi) is 4.23. The first kappa shape index (κ1) is 14.4. The molecule has 1 aliphatic rings. The van der Waals surface area contributed by atoms with Gasteiger partial charge in [0.25, 0.3) is 0 Å². The first-order valence-electron chi connectivity index (χ1n) is 6.34. The van der Waals surface area contributed by atoms with Crippen molar-refractivity contribution in [3.63, 3.8) is 0 Å². The Hall–Kier alpha value is -0.980. The van der Waals surface area contributed by atoms with Crippen LogP contribution >= 0.6 is 0 Å². The van der Waals surface area contributed by atoms with Gasteiger partial charge in [-0.1, -0.05) is 25.0 Å². The molecule has 0 bridgehead atoms. The maximum absolute atomic E-state index is 13.5. The van der Waals surface area contributed by atoms with Crippen LogP contribution in [0.15, 0.2) is 29.2 Å². The van der Waals surface area contributed by atoms with Crippen LogP contribution < -0.4 is 4.72 Å². The molecule has 19 heavy (non-hydrogen) atoms. The highest BCUT2D eigenvalue weighted by Crippen LogP contribution is 2.37. The fourth-order valence-corrected chi connectivity index (χ4v) is 3.74. The lowest BCUT2D eigenvalue weighted by Crippen LogP contribution is -2.38. The van der Waals surface area contributed by atoms with E-state index < -0.39 is 21.3 Å². The van der Waals surface area contributed by atoms with Crippen LogP contribution in [0.2, 0.25) is 0 Å². The molecule has 1 aliphatic carbocycles. The first-order valence-corrected chi connectivity index (χ1v) is 7.83. The third-order valence-corrected chi connectivity index (χ3v) is 5.20. The number of nitrogens with one attached hydrogen (secondary N) is 1. The maximum Gasteiger partial charge on any atom is 0.243 e. The van der Waals surface area contributed by atoms with Crippen LogP contribution in [0.4, 0.5) is 4.39 Å². The van der Waals surface area contributed by atoms with Crippen LogP contribution in [0.3, 0.4) is 0 Å². The number of hydrogen-bond donors (Lipinski definition) is 2. The monoisotopic (exact) mass is 287 g/mol. The highest BCUT2D eigenvalue weighted by Gasteiger charge is 2.34. The largest absolute Gasteiger partial charge is 0.396 e. The predicted molar refractivity (Wildman–Crippen MR) is 69.6 cm³/mol. The zero-order chi connectivity index (χ0) is 13.9. The van der Waals surface area contributed by atoms with Crippen molar-refractivity contribution >= 4 is 10.0 Å². The summed E-state index contributed by atoms with van der Waals surface area (Å²) in [4.78, 5) is -0.346. The average Bonchev–Trinajstić information content (AvgIpc) is 2.86. The zero-order valence-corrected chi connectivity index (χ0v) is 11.4. The molecule has 0 radical (unpaired) electrons. The Morgan fingerprint density at radius 1 is 1.26 bits per heavy atom.